The molecule has 0 N–H and O–H groups in total. The molecule has 0 bridgehead atoms. The van der Waals surface area contributed by atoms with Crippen LogP contribution in [0.2, 0.25) is 0 Å². The number of likely N-dealkylation sites (N-methyl/N-ethyl adjacent to an activating group) is 1. The summed E-state index contributed by atoms with van der Waals surface area (Å²) >= 11 is 0. The molecule has 1 aromatic heterocycles. The van der Waals surface area contributed by atoms with Crippen LogP contribution in [0.25, 0.3) is 0 Å². The molecule has 13 heavy (non-hydrogen) atoms. The number of hydrogen-bond donors (Lipinski definition) is 0. The lowest BCUT2D eigenvalue weighted by Gasteiger charge is -2.15. The largest absolute Gasteiger partial charge is 0.309 e. The summed E-state index contributed by atoms with van der Waals surface area (Å²) in [7, 11) is 4.12. The van der Waals surface area contributed by atoms with E-state index in [1.165, 1.54) is 0 Å². The average molecular weight is 202 g/mol. The minimum Gasteiger partial charge on any atom is -0.309 e. The molecule has 0 aliphatic carbocycles. The normalized spacial score (nSPS) is 12.3. The van der Waals surface area contributed by atoms with Crippen LogP contribution >= 0.6 is 12.4 Å². The van der Waals surface area contributed by atoms with Crippen LogP contribution in [0.1, 0.15) is 18.5 Å². The van der Waals surface area contributed by atoms with E-state index in [4.69, 9.17) is 0 Å². The molecule has 1 heterocycles. The molecular weight excluding hydrogens is 186 g/mol. The van der Waals surface area contributed by atoms with Crippen molar-refractivity contribution in [2.75, 3.05) is 20.6 Å². The van der Waals surface area contributed by atoms with Crippen LogP contribution in [0.4, 0.5) is 0 Å². The van der Waals surface area contributed by atoms with Gasteiger partial charge in [0.1, 0.15) is 0 Å². The first-order valence-corrected chi connectivity index (χ1v) is 4.11. The first-order chi connectivity index (χ1) is 5.70. The second-order valence-electron chi connectivity index (χ2n) is 3.29. The molecule has 1 aromatic rings. The number of aromatic nitrogens is 2. The van der Waals surface area contributed by atoms with E-state index < -0.39 is 0 Å². The Balaban J connectivity index is 0.00000144. The second kappa shape index (κ2) is 5.89. The fourth-order valence-corrected chi connectivity index (χ4v) is 1.21. The minimum atomic E-state index is 0. The molecule has 0 fully saturated rings. The van der Waals surface area contributed by atoms with Crippen LogP contribution in [0.3, 0.4) is 0 Å². The Kier molecular flexibility index (Phi) is 5.58. The monoisotopic (exact) mass is 201 g/mol. The van der Waals surface area contributed by atoms with Crippen molar-refractivity contribution >= 4 is 12.4 Å². The van der Waals surface area contributed by atoms with Crippen molar-refractivity contribution in [3.05, 3.63) is 24.3 Å². The van der Waals surface area contributed by atoms with E-state index in [0.29, 0.717) is 5.92 Å². The zero-order valence-corrected chi connectivity index (χ0v) is 9.08. The van der Waals surface area contributed by atoms with E-state index in [1.54, 1.807) is 12.4 Å². The molecule has 4 heteroatoms. The summed E-state index contributed by atoms with van der Waals surface area (Å²) in [5, 5.41) is 0. The van der Waals surface area contributed by atoms with E-state index in [0.717, 1.165) is 12.2 Å². The Labute approximate surface area is 85.6 Å². The minimum absolute atomic E-state index is 0. The van der Waals surface area contributed by atoms with Gasteiger partial charge in [0.15, 0.2) is 0 Å². The van der Waals surface area contributed by atoms with Crippen LogP contribution in [0, 0.1) is 0 Å². The van der Waals surface area contributed by atoms with Crippen LogP contribution in [0.5, 0.6) is 0 Å². The molecule has 0 aliphatic rings. The summed E-state index contributed by atoms with van der Waals surface area (Å²) in [5.74, 6) is 0.452. The zero-order valence-electron chi connectivity index (χ0n) is 8.27. The van der Waals surface area contributed by atoms with Crippen molar-refractivity contribution in [2.45, 2.75) is 12.8 Å². The summed E-state index contributed by atoms with van der Waals surface area (Å²) in [6.45, 7) is 3.17. The molecule has 1 unspecified atom stereocenters. The van der Waals surface area contributed by atoms with Gasteiger partial charge in [-0.05, 0) is 14.1 Å². The van der Waals surface area contributed by atoms with Gasteiger partial charge in [-0.25, -0.2) is 0 Å². The third-order valence-electron chi connectivity index (χ3n) is 1.73. The lowest BCUT2D eigenvalue weighted by Crippen LogP contribution is -2.19. The van der Waals surface area contributed by atoms with Crippen molar-refractivity contribution in [3.8, 4) is 0 Å². The maximum absolute atomic E-state index is 4.24. The Morgan fingerprint density at radius 1 is 1.38 bits per heavy atom. The molecule has 0 saturated heterocycles. The number of nitrogens with zero attached hydrogens (tertiary/aromatic N) is 3. The highest BCUT2D eigenvalue weighted by atomic mass is 35.5. The fourth-order valence-electron chi connectivity index (χ4n) is 1.21. The van der Waals surface area contributed by atoms with Gasteiger partial charge in [-0.2, -0.15) is 0 Å². The Morgan fingerprint density at radius 2 is 2.08 bits per heavy atom. The number of halogens is 1. The van der Waals surface area contributed by atoms with Crippen molar-refractivity contribution in [1.82, 2.24) is 14.9 Å². The highest BCUT2D eigenvalue weighted by molar-refractivity contribution is 5.85. The molecule has 0 saturated carbocycles. The summed E-state index contributed by atoms with van der Waals surface area (Å²) in [6.07, 6.45) is 5.27. The van der Waals surface area contributed by atoms with Gasteiger partial charge in [-0.1, -0.05) is 6.92 Å². The van der Waals surface area contributed by atoms with E-state index in [1.807, 2.05) is 6.20 Å². The highest BCUT2D eigenvalue weighted by Crippen LogP contribution is 2.10. The molecule has 0 spiro atoms. The first-order valence-electron chi connectivity index (χ1n) is 4.11. The van der Waals surface area contributed by atoms with E-state index in [2.05, 4.69) is 35.9 Å². The third kappa shape index (κ3) is 4.20. The lowest BCUT2D eigenvalue weighted by molar-refractivity contribution is 0.380. The first kappa shape index (κ1) is 12.3. The molecule has 0 amide bonds. The Morgan fingerprint density at radius 3 is 2.54 bits per heavy atom. The number of hydrogen-bond acceptors (Lipinski definition) is 3. The maximum atomic E-state index is 4.24. The topological polar surface area (TPSA) is 29.0 Å². The van der Waals surface area contributed by atoms with Gasteiger partial charge < -0.3 is 4.90 Å². The Bertz CT molecular complexity index is 226. The molecule has 0 radical (unpaired) electrons. The van der Waals surface area contributed by atoms with Gasteiger partial charge in [-0.3, -0.25) is 9.97 Å². The van der Waals surface area contributed by atoms with Gasteiger partial charge in [0.25, 0.3) is 0 Å². The van der Waals surface area contributed by atoms with E-state index in [-0.39, 0.29) is 12.4 Å². The predicted molar refractivity (Wildman–Crippen MR) is 56.2 cm³/mol. The van der Waals surface area contributed by atoms with Crippen molar-refractivity contribution < 1.29 is 0 Å². The molecule has 0 aromatic carbocycles. The van der Waals surface area contributed by atoms with Gasteiger partial charge in [0, 0.05) is 31.1 Å². The van der Waals surface area contributed by atoms with Crippen molar-refractivity contribution in [2.24, 2.45) is 0 Å². The SMILES string of the molecule is CC(CN(C)C)c1cnccn1.Cl. The second-order valence-corrected chi connectivity index (χ2v) is 3.29. The van der Waals surface area contributed by atoms with Crippen molar-refractivity contribution in [1.29, 1.82) is 0 Å². The van der Waals surface area contributed by atoms with Crippen LogP contribution in [-0.4, -0.2) is 35.5 Å². The quantitative estimate of drug-likeness (QED) is 0.744. The molecule has 1 atom stereocenters. The summed E-state index contributed by atoms with van der Waals surface area (Å²) in [4.78, 5) is 10.4. The van der Waals surface area contributed by atoms with Gasteiger partial charge in [-0.15, -0.1) is 12.4 Å². The van der Waals surface area contributed by atoms with E-state index in [9.17, 15) is 0 Å². The third-order valence-corrected chi connectivity index (χ3v) is 1.73. The Hall–Kier alpha value is -0.670. The lowest BCUT2D eigenvalue weighted by atomic mass is 10.1. The fraction of sp³-hybridized carbons (Fsp3) is 0.556. The maximum Gasteiger partial charge on any atom is 0.0627 e. The van der Waals surface area contributed by atoms with Crippen LogP contribution in [0.15, 0.2) is 18.6 Å². The summed E-state index contributed by atoms with van der Waals surface area (Å²) < 4.78 is 0. The molecule has 1 rings (SSSR count). The standard InChI is InChI=1S/C9H15N3.ClH/c1-8(7-12(2)3)9-6-10-4-5-11-9;/h4-6,8H,7H2,1-3H3;1H. The van der Waals surface area contributed by atoms with Gasteiger partial charge in [0.05, 0.1) is 5.69 Å². The van der Waals surface area contributed by atoms with Crippen molar-refractivity contribution in [3.63, 3.8) is 0 Å². The van der Waals surface area contributed by atoms with Crippen LogP contribution < -0.4 is 0 Å². The number of rotatable bonds is 3. The predicted octanol–water partition coefficient (Wildman–Crippen LogP) is 1.56. The summed E-state index contributed by atoms with van der Waals surface area (Å²) in [6, 6.07) is 0. The highest BCUT2D eigenvalue weighted by Gasteiger charge is 2.06. The van der Waals surface area contributed by atoms with Gasteiger partial charge >= 0.3 is 0 Å². The van der Waals surface area contributed by atoms with Crippen LogP contribution in [-0.2, 0) is 0 Å². The molecule has 3 nitrogen and oxygen atoms in total. The molecule has 0 aliphatic heterocycles. The van der Waals surface area contributed by atoms with Gasteiger partial charge in [0.2, 0.25) is 0 Å². The molecular formula is C9H16ClN3. The molecule has 74 valence electrons. The smallest absolute Gasteiger partial charge is 0.0627 e. The average Bonchev–Trinajstić information content (AvgIpc) is 2.05. The van der Waals surface area contributed by atoms with E-state index >= 15 is 0 Å². The summed E-state index contributed by atoms with van der Waals surface area (Å²) in [5.41, 5.74) is 1.06. The zero-order chi connectivity index (χ0) is 8.97.